The Balaban J connectivity index is 0.000000144. The molecule has 7 heteroatoms. The standard InChI is InChI=1S/2C17H13NOS.Be/c2*19-16-12-6-2-1-5-11(12)9-10-13(16)17-18-14-7-3-4-8-15(14)20-17;/h2*1-10,14-15,19H;/q;;+2. The molecule has 0 radical (unpaired) electrons. The van der Waals surface area contributed by atoms with Crippen molar-refractivity contribution in [2.45, 2.75) is 22.6 Å². The van der Waals surface area contributed by atoms with Gasteiger partial charge in [0.2, 0.25) is 10.1 Å². The van der Waals surface area contributed by atoms with Crippen LogP contribution in [0, 0.1) is 0 Å². The van der Waals surface area contributed by atoms with E-state index in [1.54, 1.807) is 23.5 Å². The monoisotopic (exact) mass is 567 g/mol. The number of rotatable bonds is 2. The van der Waals surface area contributed by atoms with E-state index in [4.69, 9.17) is 0 Å². The Morgan fingerprint density at radius 1 is 0.512 bits per heavy atom. The summed E-state index contributed by atoms with van der Waals surface area (Å²) in [5.74, 6) is 0.231. The summed E-state index contributed by atoms with van der Waals surface area (Å²) >= 11 is 3.48. The maximum Gasteiger partial charge on any atom is 2.00 e. The number of fused-ring (bicyclic) bond motifs is 4. The molecule has 4 nitrogen and oxygen atoms in total. The largest absolute Gasteiger partial charge is 2.00 e. The molecule has 4 aromatic carbocycles. The predicted molar refractivity (Wildman–Crippen MR) is 170 cm³/mol. The average molecular weight is 568 g/mol. The van der Waals surface area contributed by atoms with Crippen molar-refractivity contribution in [2.24, 2.45) is 0 Å². The first-order chi connectivity index (χ1) is 19.7. The maximum absolute atomic E-state index is 12.6. The van der Waals surface area contributed by atoms with Crippen molar-refractivity contribution in [3.63, 3.8) is 0 Å². The minimum absolute atomic E-state index is 0. The van der Waals surface area contributed by atoms with Crippen LogP contribution in [-0.4, -0.2) is 42.8 Å². The van der Waals surface area contributed by atoms with Crippen molar-refractivity contribution in [3.05, 3.63) is 133 Å². The molecule has 4 aliphatic rings. The van der Waals surface area contributed by atoms with E-state index < -0.39 is 0 Å². The quantitative estimate of drug-likeness (QED) is 0.365. The van der Waals surface area contributed by atoms with E-state index >= 15 is 0 Å². The van der Waals surface area contributed by atoms with Gasteiger partial charge in [0.05, 0.1) is 10.5 Å². The van der Waals surface area contributed by atoms with Crippen LogP contribution >= 0.6 is 23.5 Å². The molecular weight excluding hydrogens is 542 g/mol. The van der Waals surface area contributed by atoms with Gasteiger partial charge in [-0.05, 0) is 69.4 Å². The van der Waals surface area contributed by atoms with Gasteiger partial charge in [0, 0.05) is 11.1 Å². The Hall–Kier alpha value is -3.83. The molecule has 8 rings (SSSR count). The fourth-order valence-corrected chi connectivity index (χ4v) is 7.91. The first kappa shape index (κ1) is 27.3. The maximum atomic E-state index is 12.6. The number of benzene rings is 4. The number of hydrogen-bond acceptors (Lipinski definition) is 4. The molecule has 0 amide bonds. The Labute approximate surface area is 251 Å². The molecule has 0 spiro atoms. The zero-order chi connectivity index (χ0) is 27.1. The Morgan fingerprint density at radius 3 is 1.37 bits per heavy atom. The van der Waals surface area contributed by atoms with Crippen LogP contribution in [0.4, 0.5) is 0 Å². The van der Waals surface area contributed by atoms with Crippen LogP contribution in [0.1, 0.15) is 11.1 Å². The van der Waals surface area contributed by atoms with E-state index in [-0.39, 0.29) is 21.6 Å². The van der Waals surface area contributed by atoms with Crippen molar-refractivity contribution in [1.29, 1.82) is 0 Å². The van der Waals surface area contributed by atoms with Crippen molar-refractivity contribution in [1.82, 2.24) is 0 Å². The second-order valence-corrected chi connectivity index (χ2v) is 12.4. The number of nitrogens with one attached hydrogen (secondary N) is 2. The first-order valence-corrected chi connectivity index (χ1v) is 15.1. The second-order valence-electron chi connectivity index (χ2n) is 10.0. The molecule has 4 atom stereocenters. The number of thioether (sulfide) groups is 2. The fourth-order valence-electron chi connectivity index (χ4n) is 5.43. The van der Waals surface area contributed by atoms with Gasteiger partial charge in [-0.15, -0.1) is 0 Å². The SMILES string of the molecule is [Be+2].[O-]c1c(C2=[NH+]C3C=CC=CC3S2)ccc2ccccc12.[O-]c1c(C2=[NH+]C3C=CC=CC3S2)ccc2ccccc12. The molecule has 0 fully saturated rings. The molecule has 2 aliphatic carbocycles. The van der Waals surface area contributed by atoms with Gasteiger partial charge in [0.25, 0.3) is 0 Å². The van der Waals surface area contributed by atoms with Gasteiger partial charge in [0.15, 0.2) is 12.1 Å². The van der Waals surface area contributed by atoms with Gasteiger partial charge >= 0.3 is 10.1 Å². The van der Waals surface area contributed by atoms with Crippen molar-refractivity contribution < 1.29 is 20.2 Å². The molecule has 0 bridgehead atoms. The van der Waals surface area contributed by atoms with Gasteiger partial charge < -0.3 is 10.2 Å². The summed E-state index contributed by atoms with van der Waals surface area (Å²) in [6.45, 7) is 0. The van der Waals surface area contributed by atoms with Gasteiger partial charge in [-0.25, -0.2) is 9.98 Å². The Kier molecular flexibility index (Phi) is 7.72. The molecular formula is C34H26BeN2O2S2+2. The van der Waals surface area contributed by atoms with Crippen LogP contribution in [0.15, 0.2) is 121 Å². The summed E-state index contributed by atoms with van der Waals surface area (Å²) < 4.78 is 0. The first-order valence-electron chi connectivity index (χ1n) is 13.3. The Morgan fingerprint density at radius 2 is 0.927 bits per heavy atom. The molecule has 4 aromatic rings. The van der Waals surface area contributed by atoms with Gasteiger partial charge in [0.1, 0.15) is 0 Å². The summed E-state index contributed by atoms with van der Waals surface area (Å²) in [4.78, 5) is 6.91. The average Bonchev–Trinajstić information content (AvgIpc) is 3.63. The summed E-state index contributed by atoms with van der Waals surface area (Å²) in [5, 5.41) is 31.6. The molecule has 0 aromatic heterocycles. The summed E-state index contributed by atoms with van der Waals surface area (Å²) in [6.07, 6.45) is 16.9. The van der Waals surface area contributed by atoms with E-state index in [9.17, 15) is 10.2 Å². The van der Waals surface area contributed by atoms with Gasteiger partial charge in [-0.1, -0.05) is 109 Å². The zero-order valence-electron chi connectivity index (χ0n) is 22.2. The number of hydrogen-bond donors (Lipinski definition) is 2. The van der Waals surface area contributed by atoms with Crippen LogP contribution in [-0.2, 0) is 0 Å². The van der Waals surface area contributed by atoms with Crippen LogP contribution in [0.2, 0.25) is 0 Å². The van der Waals surface area contributed by atoms with Crippen molar-refractivity contribution in [3.8, 4) is 11.5 Å². The Bertz CT molecular complexity index is 1690. The summed E-state index contributed by atoms with van der Waals surface area (Å²) in [7, 11) is 0. The van der Waals surface area contributed by atoms with Crippen molar-refractivity contribution in [2.75, 3.05) is 0 Å². The van der Waals surface area contributed by atoms with Crippen molar-refractivity contribution >= 4 is 65.3 Å². The molecule has 2 heterocycles. The van der Waals surface area contributed by atoms with Gasteiger partial charge in [-0.2, -0.15) is 0 Å². The van der Waals surface area contributed by atoms with Crippen LogP contribution in [0.3, 0.4) is 0 Å². The van der Waals surface area contributed by atoms with Crippen LogP contribution in [0.25, 0.3) is 21.5 Å². The zero-order valence-corrected chi connectivity index (χ0v) is 23.8. The smallest absolute Gasteiger partial charge is 0.871 e. The third kappa shape index (κ3) is 5.19. The topological polar surface area (TPSA) is 74.1 Å². The normalized spacial score (nSPS) is 23.3. The summed E-state index contributed by atoms with van der Waals surface area (Å²) in [6, 6.07) is 24.0. The molecule has 2 N–H and O–H groups in total. The van der Waals surface area contributed by atoms with E-state index in [2.05, 4.69) is 58.6 Å². The van der Waals surface area contributed by atoms with Gasteiger partial charge in [-0.3, -0.25) is 0 Å². The van der Waals surface area contributed by atoms with Crippen LogP contribution < -0.4 is 20.2 Å². The van der Waals surface area contributed by atoms with E-state index in [0.29, 0.717) is 22.6 Å². The second kappa shape index (κ2) is 11.6. The van der Waals surface area contributed by atoms with E-state index in [1.165, 1.54) is 0 Å². The van der Waals surface area contributed by atoms with E-state index in [0.717, 1.165) is 42.8 Å². The molecule has 2 aliphatic heterocycles. The molecule has 0 saturated carbocycles. The van der Waals surface area contributed by atoms with E-state index in [1.807, 2.05) is 72.8 Å². The van der Waals surface area contributed by atoms with Crippen LogP contribution in [0.5, 0.6) is 11.5 Å². The minimum Gasteiger partial charge on any atom is -0.871 e. The third-order valence-corrected chi connectivity index (χ3v) is 10.1. The predicted octanol–water partition coefficient (Wildman–Crippen LogP) is 2.32. The number of allylic oxidation sites excluding steroid dienone is 4. The minimum atomic E-state index is 0. The third-order valence-electron chi connectivity index (χ3n) is 7.52. The molecule has 41 heavy (non-hydrogen) atoms. The molecule has 0 saturated heterocycles. The molecule has 196 valence electrons. The fraction of sp³-hybridized carbons (Fsp3) is 0.118. The molecule has 4 unspecified atom stereocenters. The summed E-state index contributed by atoms with van der Waals surface area (Å²) in [5.41, 5.74) is 1.56.